The third-order valence-electron chi connectivity index (χ3n) is 2.18. The summed E-state index contributed by atoms with van der Waals surface area (Å²) in [6.07, 6.45) is 2.59. The van der Waals surface area contributed by atoms with Crippen molar-refractivity contribution in [1.82, 2.24) is 5.32 Å². The van der Waals surface area contributed by atoms with E-state index in [1.165, 1.54) is 24.6 Å². The molecule has 2 rings (SSSR count). The summed E-state index contributed by atoms with van der Waals surface area (Å²) in [7, 11) is 0. The summed E-state index contributed by atoms with van der Waals surface area (Å²) in [5, 5.41) is 8.27. The second-order valence-electron chi connectivity index (χ2n) is 3.59. The minimum Gasteiger partial charge on any atom is -0.325 e. The Morgan fingerprint density at radius 2 is 2.43 bits per heavy atom. The van der Waals surface area contributed by atoms with Crippen LogP contribution in [0.5, 0.6) is 0 Å². The first-order chi connectivity index (χ1) is 6.75. The molecule has 0 aromatic carbocycles. The third kappa shape index (κ3) is 2.56. The Balaban J connectivity index is 1.93. The fraction of sp³-hybridized carbons (Fsp3) is 0.500. The highest BCUT2D eigenvalue weighted by molar-refractivity contribution is 7.10. The van der Waals surface area contributed by atoms with Crippen LogP contribution in [0.1, 0.15) is 24.6 Å². The summed E-state index contributed by atoms with van der Waals surface area (Å²) in [6, 6.07) is 2.66. The number of nitrogens with one attached hydrogen (secondary N) is 2. The molecule has 0 aliphatic heterocycles. The van der Waals surface area contributed by atoms with Crippen molar-refractivity contribution in [3.8, 4) is 0 Å². The Bertz CT molecular complexity index is 331. The molecule has 14 heavy (non-hydrogen) atoms. The molecule has 3 nitrogen and oxygen atoms in total. The average Bonchev–Trinajstić information content (AvgIpc) is 2.85. The first kappa shape index (κ1) is 9.68. The van der Waals surface area contributed by atoms with E-state index in [2.05, 4.69) is 10.6 Å². The average molecular weight is 210 g/mol. The van der Waals surface area contributed by atoms with Crippen LogP contribution in [0.25, 0.3) is 0 Å². The largest absolute Gasteiger partial charge is 0.325 e. The predicted molar refractivity (Wildman–Crippen MR) is 58.5 cm³/mol. The molecule has 0 radical (unpaired) electrons. The van der Waals surface area contributed by atoms with Crippen LogP contribution in [-0.2, 0) is 11.3 Å². The summed E-state index contributed by atoms with van der Waals surface area (Å²) in [5.74, 6) is -0.00364. The molecule has 1 saturated carbocycles. The zero-order chi connectivity index (χ0) is 9.97. The first-order valence-corrected chi connectivity index (χ1v) is 5.71. The molecular weight excluding hydrogens is 196 g/mol. The molecule has 1 heterocycles. The van der Waals surface area contributed by atoms with Crippen molar-refractivity contribution >= 4 is 22.9 Å². The van der Waals surface area contributed by atoms with Crippen LogP contribution in [-0.4, -0.2) is 11.9 Å². The summed E-state index contributed by atoms with van der Waals surface area (Å²) in [6.45, 7) is 2.41. The number of carbonyl (C=O) groups is 1. The second kappa shape index (κ2) is 4.11. The summed E-state index contributed by atoms with van der Waals surface area (Å²) >= 11 is 1.68. The van der Waals surface area contributed by atoms with Crippen LogP contribution in [0.3, 0.4) is 0 Å². The Morgan fingerprint density at radius 1 is 1.64 bits per heavy atom. The van der Waals surface area contributed by atoms with Crippen molar-refractivity contribution in [1.29, 1.82) is 0 Å². The number of carbonyl (C=O) groups excluding carboxylic acids is 1. The van der Waals surface area contributed by atoms with Crippen LogP contribution in [0.2, 0.25) is 0 Å². The molecule has 0 unspecified atom stereocenters. The van der Waals surface area contributed by atoms with E-state index in [4.69, 9.17) is 0 Å². The van der Waals surface area contributed by atoms with E-state index in [0.29, 0.717) is 6.04 Å². The van der Waals surface area contributed by atoms with Crippen molar-refractivity contribution in [3.63, 3.8) is 0 Å². The Labute approximate surface area is 87.5 Å². The summed E-state index contributed by atoms with van der Waals surface area (Å²) in [5.41, 5.74) is 0.954. The van der Waals surface area contributed by atoms with Gasteiger partial charge in [0.25, 0.3) is 0 Å². The lowest BCUT2D eigenvalue weighted by atomic mass is 10.3. The van der Waals surface area contributed by atoms with E-state index in [1.807, 2.05) is 11.4 Å². The highest BCUT2D eigenvalue weighted by atomic mass is 32.1. The van der Waals surface area contributed by atoms with Gasteiger partial charge >= 0.3 is 0 Å². The number of thiophene rings is 1. The lowest BCUT2D eigenvalue weighted by Gasteiger charge is -2.04. The van der Waals surface area contributed by atoms with Gasteiger partial charge in [-0.25, -0.2) is 0 Å². The van der Waals surface area contributed by atoms with E-state index >= 15 is 0 Å². The van der Waals surface area contributed by atoms with E-state index in [1.54, 1.807) is 11.3 Å². The van der Waals surface area contributed by atoms with Crippen LogP contribution >= 0.6 is 11.3 Å². The molecule has 76 valence electrons. The molecule has 1 aliphatic rings. The lowest BCUT2D eigenvalue weighted by Crippen LogP contribution is -2.16. The first-order valence-electron chi connectivity index (χ1n) is 4.83. The second-order valence-corrected chi connectivity index (χ2v) is 4.59. The molecule has 1 fully saturated rings. The zero-order valence-corrected chi connectivity index (χ0v) is 8.99. The molecule has 1 aromatic heterocycles. The Hall–Kier alpha value is -0.870. The maximum absolute atomic E-state index is 10.9. The van der Waals surface area contributed by atoms with Crippen molar-refractivity contribution in [2.24, 2.45) is 0 Å². The highest BCUT2D eigenvalue weighted by Crippen LogP contribution is 2.24. The topological polar surface area (TPSA) is 41.1 Å². The van der Waals surface area contributed by atoms with Gasteiger partial charge in [0.2, 0.25) is 5.91 Å². The molecule has 1 amide bonds. The number of anilines is 1. The van der Waals surface area contributed by atoms with Gasteiger partial charge in [0.05, 0.1) is 5.69 Å². The van der Waals surface area contributed by atoms with Crippen LogP contribution in [0.15, 0.2) is 11.4 Å². The summed E-state index contributed by atoms with van der Waals surface area (Å²) < 4.78 is 0. The zero-order valence-electron chi connectivity index (χ0n) is 8.17. The van der Waals surface area contributed by atoms with E-state index < -0.39 is 0 Å². The SMILES string of the molecule is CC(=O)Nc1ccsc1CNC1CC1. The fourth-order valence-corrected chi connectivity index (χ4v) is 2.08. The van der Waals surface area contributed by atoms with Gasteiger partial charge in [0, 0.05) is 24.4 Å². The van der Waals surface area contributed by atoms with E-state index in [0.717, 1.165) is 12.2 Å². The predicted octanol–water partition coefficient (Wildman–Crippen LogP) is 1.96. The smallest absolute Gasteiger partial charge is 0.221 e. The maximum atomic E-state index is 10.9. The van der Waals surface area contributed by atoms with E-state index in [-0.39, 0.29) is 5.91 Å². The number of rotatable bonds is 4. The van der Waals surface area contributed by atoms with Gasteiger partial charge in [-0.1, -0.05) is 0 Å². The van der Waals surface area contributed by atoms with Gasteiger partial charge in [0.15, 0.2) is 0 Å². The minimum absolute atomic E-state index is 0.00364. The third-order valence-corrected chi connectivity index (χ3v) is 3.11. The van der Waals surface area contributed by atoms with Crippen molar-refractivity contribution in [2.45, 2.75) is 32.4 Å². The number of hydrogen-bond acceptors (Lipinski definition) is 3. The molecule has 0 saturated heterocycles. The Kier molecular flexibility index (Phi) is 2.84. The minimum atomic E-state index is -0.00364. The van der Waals surface area contributed by atoms with E-state index in [9.17, 15) is 4.79 Å². The standard InChI is InChI=1S/C10H14N2OS/c1-7(13)12-9-4-5-14-10(9)6-11-8-2-3-8/h4-5,8,11H,2-3,6H2,1H3,(H,12,13). The van der Waals surface area contributed by atoms with Crippen molar-refractivity contribution in [2.75, 3.05) is 5.32 Å². The highest BCUT2D eigenvalue weighted by Gasteiger charge is 2.20. The quantitative estimate of drug-likeness (QED) is 0.797. The molecule has 4 heteroatoms. The lowest BCUT2D eigenvalue weighted by molar-refractivity contribution is -0.114. The van der Waals surface area contributed by atoms with Crippen molar-refractivity contribution < 1.29 is 4.79 Å². The van der Waals surface area contributed by atoms with Gasteiger partial charge in [0.1, 0.15) is 0 Å². The summed E-state index contributed by atoms with van der Waals surface area (Å²) in [4.78, 5) is 12.1. The monoisotopic (exact) mass is 210 g/mol. The number of hydrogen-bond donors (Lipinski definition) is 2. The van der Waals surface area contributed by atoms with Gasteiger partial charge in [-0.3, -0.25) is 4.79 Å². The van der Waals surface area contributed by atoms with Crippen LogP contribution in [0, 0.1) is 0 Å². The van der Waals surface area contributed by atoms with Gasteiger partial charge < -0.3 is 10.6 Å². The Morgan fingerprint density at radius 3 is 3.07 bits per heavy atom. The number of amides is 1. The van der Waals surface area contributed by atoms with Gasteiger partial charge in [-0.2, -0.15) is 0 Å². The molecule has 1 aliphatic carbocycles. The molecular formula is C10H14N2OS. The molecule has 0 bridgehead atoms. The normalized spacial score (nSPS) is 15.5. The molecule has 2 N–H and O–H groups in total. The fourth-order valence-electron chi connectivity index (χ4n) is 1.30. The van der Waals surface area contributed by atoms with Crippen LogP contribution < -0.4 is 10.6 Å². The van der Waals surface area contributed by atoms with Crippen LogP contribution in [0.4, 0.5) is 5.69 Å². The van der Waals surface area contributed by atoms with Gasteiger partial charge in [-0.15, -0.1) is 11.3 Å². The molecule has 0 atom stereocenters. The molecule has 1 aromatic rings. The molecule has 0 spiro atoms. The maximum Gasteiger partial charge on any atom is 0.221 e. The van der Waals surface area contributed by atoms with Gasteiger partial charge in [-0.05, 0) is 24.3 Å². The van der Waals surface area contributed by atoms with Crippen molar-refractivity contribution in [3.05, 3.63) is 16.3 Å².